The van der Waals surface area contributed by atoms with Gasteiger partial charge in [0.05, 0.1) is 25.5 Å². The van der Waals surface area contributed by atoms with E-state index in [4.69, 9.17) is 9.15 Å². The number of ether oxygens (including phenoxy) is 1. The summed E-state index contributed by atoms with van der Waals surface area (Å²) in [5, 5.41) is 2.62. The van der Waals surface area contributed by atoms with Crippen molar-refractivity contribution in [3.05, 3.63) is 73.1 Å². The molecule has 0 radical (unpaired) electrons. The van der Waals surface area contributed by atoms with Crippen molar-refractivity contribution in [2.24, 2.45) is 0 Å². The van der Waals surface area contributed by atoms with Gasteiger partial charge in [0.1, 0.15) is 29.5 Å². The van der Waals surface area contributed by atoms with Gasteiger partial charge in [-0.2, -0.15) is 0 Å². The smallest absolute Gasteiger partial charge is 0.233 e. The molecule has 0 spiro atoms. The fourth-order valence-electron chi connectivity index (χ4n) is 1.90. The van der Waals surface area contributed by atoms with Gasteiger partial charge in [-0.25, -0.2) is 14.4 Å². The molecular formula is C17H16FN3O3. The van der Waals surface area contributed by atoms with Crippen LogP contribution in [0.1, 0.15) is 11.5 Å². The highest BCUT2D eigenvalue weighted by Crippen LogP contribution is 2.23. The first-order chi connectivity index (χ1) is 11.5. The first kappa shape index (κ1) is 17.1. The number of hydrogen-bond donors (Lipinski definition) is 1. The second kappa shape index (κ2) is 7.87. The summed E-state index contributed by atoms with van der Waals surface area (Å²) in [6.45, 7) is 6.87. The van der Waals surface area contributed by atoms with E-state index in [1.54, 1.807) is 12.1 Å². The van der Waals surface area contributed by atoms with Crippen molar-refractivity contribution < 1.29 is 18.3 Å². The molecule has 2 rings (SSSR count). The zero-order chi connectivity index (χ0) is 17.5. The summed E-state index contributed by atoms with van der Waals surface area (Å²) in [5.41, 5.74) is 0.637. The van der Waals surface area contributed by atoms with Crippen LogP contribution in [0.2, 0.25) is 0 Å². The lowest BCUT2D eigenvalue weighted by Gasteiger charge is -2.10. The molecule has 0 aliphatic rings. The van der Waals surface area contributed by atoms with E-state index >= 15 is 0 Å². The SMILES string of the molecule is C=C(F)/C=C(\C(=C)OC)c1cc(NC(=O)Cc2ccco2)ncn1. The first-order valence-electron chi connectivity index (χ1n) is 6.93. The summed E-state index contributed by atoms with van der Waals surface area (Å²) in [7, 11) is 1.41. The predicted molar refractivity (Wildman–Crippen MR) is 87.4 cm³/mol. The molecule has 0 aliphatic heterocycles. The predicted octanol–water partition coefficient (Wildman–Crippen LogP) is 3.28. The molecule has 7 heteroatoms. The number of hydrogen-bond acceptors (Lipinski definition) is 5. The van der Waals surface area contributed by atoms with Crippen LogP contribution in [0.4, 0.5) is 10.2 Å². The summed E-state index contributed by atoms with van der Waals surface area (Å²) in [5.74, 6) is 0.0193. The van der Waals surface area contributed by atoms with Crippen molar-refractivity contribution in [2.45, 2.75) is 6.42 Å². The molecule has 124 valence electrons. The number of nitrogens with zero attached hydrogens (tertiary/aromatic N) is 2. The number of nitrogens with one attached hydrogen (secondary N) is 1. The fourth-order valence-corrected chi connectivity index (χ4v) is 1.90. The topological polar surface area (TPSA) is 77.2 Å². The second-order valence-corrected chi connectivity index (χ2v) is 4.72. The summed E-state index contributed by atoms with van der Waals surface area (Å²) < 4.78 is 23.3. The molecule has 0 saturated carbocycles. The van der Waals surface area contributed by atoms with Gasteiger partial charge in [0.15, 0.2) is 0 Å². The van der Waals surface area contributed by atoms with Gasteiger partial charge in [-0.15, -0.1) is 0 Å². The molecule has 1 N–H and O–H groups in total. The molecule has 2 aromatic heterocycles. The molecule has 24 heavy (non-hydrogen) atoms. The number of carbonyl (C=O) groups is 1. The zero-order valence-corrected chi connectivity index (χ0v) is 13.1. The van der Waals surface area contributed by atoms with Crippen molar-refractivity contribution in [3.63, 3.8) is 0 Å². The van der Waals surface area contributed by atoms with Gasteiger partial charge in [-0.3, -0.25) is 4.79 Å². The highest BCUT2D eigenvalue weighted by Gasteiger charge is 2.12. The second-order valence-electron chi connectivity index (χ2n) is 4.72. The van der Waals surface area contributed by atoms with Crippen LogP contribution < -0.4 is 5.32 Å². The fraction of sp³-hybridized carbons (Fsp3) is 0.118. The number of rotatable bonds is 7. The Kier molecular flexibility index (Phi) is 5.62. The van der Waals surface area contributed by atoms with Gasteiger partial charge >= 0.3 is 0 Å². The monoisotopic (exact) mass is 329 g/mol. The van der Waals surface area contributed by atoms with Gasteiger partial charge < -0.3 is 14.5 Å². The molecule has 0 fully saturated rings. The lowest BCUT2D eigenvalue weighted by molar-refractivity contribution is -0.115. The third-order valence-electron chi connectivity index (χ3n) is 2.97. The van der Waals surface area contributed by atoms with Crippen LogP contribution in [0.3, 0.4) is 0 Å². The Bertz CT molecular complexity index is 782. The summed E-state index contributed by atoms with van der Waals surface area (Å²) in [4.78, 5) is 20.0. The maximum Gasteiger partial charge on any atom is 0.233 e. The zero-order valence-electron chi connectivity index (χ0n) is 13.1. The maximum absolute atomic E-state index is 13.2. The van der Waals surface area contributed by atoms with Crippen LogP contribution in [0, 0.1) is 0 Å². The standard InChI is InChI=1S/C17H16FN3O3/c1-11(18)7-14(12(2)23-3)15-9-16(20-10-19-15)21-17(22)8-13-5-4-6-24-13/h4-7,9-10H,1-2,8H2,3H3,(H,19,20,21,22)/b14-7+. The van der Waals surface area contributed by atoms with Crippen LogP contribution in [0.15, 0.2) is 66.0 Å². The molecule has 0 bridgehead atoms. The first-order valence-corrected chi connectivity index (χ1v) is 6.93. The Morgan fingerprint density at radius 3 is 2.88 bits per heavy atom. The van der Waals surface area contributed by atoms with Gasteiger partial charge in [0.25, 0.3) is 0 Å². The Balaban J connectivity index is 2.19. The van der Waals surface area contributed by atoms with Gasteiger partial charge in [-0.05, 0) is 18.2 Å². The van der Waals surface area contributed by atoms with E-state index in [1.165, 1.54) is 25.8 Å². The highest BCUT2D eigenvalue weighted by molar-refractivity contribution is 5.91. The maximum atomic E-state index is 13.2. The third-order valence-corrected chi connectivity index (χ3v) is 2.97. The van der Waals surface area contributed by atoms with Gasteiger partial charge in [-0.1, -0.05) is 13.2 Å². The number of halogens is 1. The van der Waals surface area contributed by atoms with Crippen molar-refractivity contribution in [1.29, 1.82) is 0 Å². The van der Waals surface area contributed by atoms with Gasteiger partial charge in [0, 0.05) is 11.6 Å². The van der Waals surface area contributed by atoms with Crippen LogP contribution >= 0.6 is 0 Å². The molecule has 0 aliphatic carbocycles. The molecule has 6 nitrogen and oxygen atoms in total. The van der Waals surface area contributed by atoms with E-state index in [0.29, 0.717) is 17.0 Å². The number of amides is 1. The molecule has 0 saturated heterocycles. The number of furan rings is 1. The Hall–Kier alpha value is -3.22. The highest BCUT2D eigenvalue weighted by atomic mass is 19.1. The van der Waals surface area contributed by atoms with E-state index in [0.717, 1.165) is 6.08 Å². The number of anilines is 1. The van der Waals surface area contributed by atoms with Crippen molar-refractivity contribution in [2.75, 3.05) is 12.4 Å². The van der Waals surface area contributed by atoms with Crippen LogP contribution in [-0.4, -0.2) is 23.0 Å². The van der Waals surface area contributed by atoms with Crippen LogP contribution in [-0.2, 0) is 16.0 Å². The minimum atomic E-state index is -0.676. The minimum Gasteiger partial charge on any atom is -0.497 e. The minimum absolute atomic E-state index is 0.0705. The quantitative estimate of drug-likeness (QED) is 0.623. The van der Waals surface area contributed by atoms with Crippen LogP contribution in [0.5, 0.6) is 0 Å². The van der Waals surface area contributed by atoms with E-state index < -0.39 is 5.83 Å². The van der Waals surface area contributed by atoms with Crippen molar-refractivity contribution in [3.8, 4) is 0 Å². The number of carbonyl (C=O) groups excluding carboxylic acids is 1. The Morgan fingerprint density at radius 1 is 1.46 bits per heavy atom. The number of aromatic nitrogens is 2. The normalized spacial score (nSPS) is 11.0. The van der Waals surface area contributed by atoms with Crippen molar-refractivity contribution in [1.82, 2.24) is 9.97 Å². The lowest BCUT2D eigenvalue weighted by atomic mass is 10.1. The molecule has 0 aromatic carbocycles. The molecule has 2 aromatic rings. The number of methoxy groups -OCH3 is 1. The van der Waals surface area contributed by atoms with E-state index in [1.807, 2.05) is 0 Å². The Labute approximate surface area is 138 Å². The average Bonchev–Trinajstić information content (AvgIpc) is 3.04. The summed E-state index contributed by atoms with van der Waals surface area (Å²) in [6.07, 6.45) is 3.95. The lowest BCUT2D eigenvalue weighted by Crippen LogP contribution is -2.15. The molecule has 2 heterocycles. The molecule has 0 atom stereocenters. The molecular weight excluding hydrogens is 313 g/mol. The summed E-state index contributed by atoms with van der Waals surface area (Å²) in [6, 6.07) is 4.88. The summed E-state index contributed by atoms with van der Waals surface area (Å²) >= 11 is 0. The van der Waals surface area contributed by atoms with E-state index in [2.05, 4.69) is 28.4 Å². The average molecular weight is 329 g/mol. The van der Waals surface area contributed by atoms with E-state index in [9.17, 15) is 9.18 Å². The number of allylic oxidation sites excluding steroid dienone is 3. The largest absolute Gasteiger partial charge is 0.497 e. The van der Waals surface area contributed by atoms with E-state index in [-0.39, 0.29) is 23.9 Å². The van der Waals surface area contributed by atoms with Crippen LogP contribution in [0.25, 0.3) is 5.57 Å². The molecule has 1 amide bonds. The van der Waals surface area contributed by atoms with Gasteiger partial charge in [0.2, 0.25) is 5.91 Å². The third kappa shape index (κ3) is 4.64. The van der Waals surface area contributed by atoms with Crippen molar-refractivity contribution >= 4 is 17.3 Å². The molecule has 0 unspecified atom stereocenters. The Morgan fingerprint density at radius 2 is 2.25 bits per heavy atom.